The molecule has 1 aliphatic carbocycles. The van der Waals surface area contributed by atoms with Crippen molar-refractivity contribution in [3.8, 4) is 28.4 Å². The topological polar surface area (TPSA) is 29.5 Å². The van der Waals surface area contributed by atoms with Gasteiger partial charge in [0.05, 0.1) is 5.41 Å². The van der Waals surface area contributed by atoms with Gasteiger partial charge in [0.15, 0.2) is 0 Å². The van der Waals surface area contributed by atoms with Crippen LogP contribution in [0.1, 0.15) is 22.3 Å². The average Bonchev–Trinajstić information content (AvgIpc) is 3.16. The Balaban J connectivity index is 1.59. The summed E-state index contributed by atoms with van der Waals surface area (Å²) in [5.41, 5.74) is 6.61. The van der Waals surface area contributed by atoms with E-state index in [-0.39, 0.29) is 5.75 Å². The van der Waals surface area contributed by atoms with Crippen LogP contribution in [0.5, 0.6) is 17.2 Å². The fraction of sp³-hybridized carbons (Fsp3) is 0.0323. The van der Waals surface area contributed by atoms with Crippen molar-refractivity contribution < 1.29 is 9.84 Å². The number of hydrogen-bond donors (Lipinski definition) is 1. The van der Waals surface area contributed by atoms with Crippen molar-refractivity contribution >= 4 is 15.9 Å². The van der Waals surface area contributed by atoms with E-state index < -0.39 is 5.41 Å². The van der Waals surface area contributed by atoms with Gasteiger partial charge in [-0.05, 0) is 81.9 Å². The van der Waals surface area contributed by atoms with Crippen LogP contribution in [0.3, 0.4) is 0 Å². The van der Waals surface area contributed by atoms with Crippen molar-refractivity contribution in [3.63, 3.8) is 0 Å². The number of benzene rings is 5. The first-order valence-corrected chi connectivity index (χ1v) is 12.0. The molecule has 0 saturated heterocycles. The van der Waals surface area contributed by atoms with Gasteiger partial charge >= 0.3 is 0 Å². The lowest BCUT2D eigenvalue weighted by atomic mass is 9.68. The summed E-state index contributed by atoms with van der Waals surface area (Å²) >= 11 is 3.71. The average molecular weight is 505 g/mol. The Kier molecular flexibility index (Phi) is 5.00. The number of phenolic OH excluding ortho intramolecular Hbond substituents is 1. The molecule has 0 amide bonds. The third-order valence-electron chi connectivity index (χ3n) is 6.57. The third-order valence-corrected chi connectivity index (χ3v) is 7.07. The van der Waals surface area contributed by atoms with Crippen LogP contribution in [0.2, 0.25) is 0 Å². The highest BCUT2D eigenvalue weighted by molar-refractivity contribution is 9.10. The first-order chi connectivity index (χ1) is 16.7. The molecule has 1 unspecified atom stereocenters. The minimum absolute atomic E-state index is 0.256. The molecule has 1 atom stereocenters. The van der Waals surface area contributed by atoms with E-state index in [1.807, 2.05) is 54.6 Å². The number of rotatable bonds is 4. The Morgan fingerprint density at radius 3 is 1.88 bits per heavy atom. The minimum atomic E-state index is -0.519. The van der Waals surface area contributed by atoms with Crippen molar-refractivity contribution in [2.45, 2.75) is 5.41 Å². The first kappa shape index (κ1) is 20.8. The second kappa shape index (κ2) is 8.19. The molecule has 0 radical (unpaired) electrons. The fourth-order valence-electron chi connectivity index (χ4n) is 5.15. The van der Waals surface area contributed by atoms with Crippen LogP contribution in [0.15, 0.2) is 126 Å². The molecule has 0 heterocycles. The lowest BCUT2D eigenvalue weighted by Crippen LogP contribution is -2.28. The maximum Gasteiger partial charge on any atom is 0.127 e. The predicted molar refractivity (Wildman–Crippen MR) is 140 cm³/mol. The van der Waals surface area contributed by atoms with Gasteiger partial charge in [-0.1, -0.05) is 88.7 Å². The van der Waals surface area contributed by atoms with Gasteiger partial charge in [-0.15, -0.1) is 0 Å². The monoisotopic (exact) mass is 504 g/mol. The number of fused-ring (bicyclic) bond motifs is 3. The molecule has 3 heteroatoms. The Morgan fingerprint density at radius 1 is 0.559 bits per heavy atom. The van der Waals surface area contributed by atoms with E-state index in [1.165, 1.54) is 22.3 Å². The molecule has 2 nitrogen and oxygen atoms in total. The summed E-state index contributed by atoms with van der Waals surface area (Å²) in [5, 5.41) is 10.0. The smallest absolute Gasteiger partial charge is 0.127 e. The second-order valence-electron chi connectivity index (χ2n) is 8.47. The maximum atomic E-state index is 10.0. The summed E-state index contributed by atoms with van der Waals surface area (Å²) in [5.74, 6) is 1.85. The summed E-state index contributed by atoms with van der Waals surface area (Å²) in [6, 6.07) is 40.9. The molecular weight excluding hydrogens is 484 g/mol. The van der Waals surface area contributed by atoms with Gasteiger partial charge in [0.2, 0.25) is 0 Å². The largest absolute Gasteiger partial charge is 0.508 e. The van der Waals surface area contributed by atoms with Crippen LogP contribution >= 0.6 is 15.9 Å². The number of aromatic hydroxyl groups is 1. The normalized spacial score (nSPS) is 16.0. The zero-order valence-corrected chi connectivity index (χ0v) is 19.9. The Morgan fingerprint density at radius 2 is 1.15 bits per heavy atom. The summed E-state index contributed by atoms with van der Waals surface area (Å²) in [6.07, 6.45) is 0. The van der Waals surface area contributed by atoms with Gasteiger partial charge in [-0.3, -0.25) is 0 Å². The van der Waals surface area contributed by atoms with Crippen LogP contribution in [0.25, 0.3) is 11.1 Å². The number of hydrogen-bond acceptors (Lipinski definition) is 2. The van der Waals surface area contributed by atoms with Crippen molar-refractivity contribution in [2.24, 2.45) is 0 Å². The van der Waals surface area contributed by atoms with Crippen molar-refractivity contribution in [2.75, 3.05) is 0 Å². The quantitative estimate of drug-likeness (QED) is 0.261. The highest BCUT2D eigenvalue weighted by Crippen LogP contribution is 2.56. The Hall–Kier alpha value is -3.82. The van der Waals surface area contributed by atoms with Gasteiger partial charge in [-0.25, -0.2) is 0 Å². The van der Waals surface area contributed by atoms with Crippen molar-refractivity contribution in [1.82, 2.24) is 0 Å². The van der Waals surface area contributed by atoms with Crippen molar-refractivity contribution in [3.05, 3.63) is 148 Å². The zero-order valence-electron chi connectivity index (χ0n) is 18.3. The van der Waals surface area contributed by atoms with Gasteiger partial charge in [0.1, 0.15) is 17.2 Å². The molecule has 34 heavy (non-hydrogen) atoms. The number of halogens is 1. The van der Waals surface area contributed by atoms with Gasteiger partial charge < -0.3 is 9.84 Å². The Labute approximate surface area is 207 Å². The van der Waals surface area contributed by atoms with Gasteiger partial charge in [-0.2, -0.15) is 0 Å². The van der Waals surface area contributed by atoms with Crippen LogP contribution in [-0.4, -0.2) is 5.11 Å². The molecule has 1 N–H and O–H groups in total. The molecular formula is C31H21BrO2. The van der Waals surface area contributed by atoms with Crippen LogP contribution in [-0.2, 0) is 5.41 Å². The molecule has 5 aromatic carbocycles. The van der Waals surface area contributed by atoms with Crippen LogP contribution < -0.4 is 4.74 Å². The van der Waals surface area contributed by atoms with Crippen LogP contribution in [0.4, 0.5) is 0 Å². The van der Waals surface area contributed by atoms with E-state index in [4.69, 9.17) is 4.74 Å². The standard InChI is InChI=1S/C31H21BrO2/c32-23-14-19-28-27-8-4-5-9-29(27)31(30(28)20-23,21-10-15-24(33)16-11-21)22-12-17-26(18-13-22)34-25-6-2-1-3-7-25/h1-20,33H. The first-order valence-electron chi connectivity index (χ1n) is 11.2. The lowest BCUT2D eigenvalue weighted by molar-refractivity contribution is 0.475. The summed E-state index contributed by atoms with van der Waals surface area (Å²) in [4.78, 5) is 0. The summed E-state index contributed by atoms with van der Waals surface area (Å²) in [6.45, 7) is 0. The number of para-hydroxylation sites is 1. The van der Waals surface area contributed by atoms with E-state index in [0.717, 1.165) is 27.1 Å². The van der Waals surface area contributed by atoms with E-state index >= 15 is 0 Å². The fourth-order valence-corrected chi connectivity index (χ4v) is 5.51. The molecule has 164 valence electrons. The third kappa shape index (κ3) is 3.24. The molecule has 1 aliphatic rings. The van der Waals surface area contributed by atoms with Crippen LogP contribution in [0, 0.1) is 0 Å². The predicted octanol–water partition coefficient (Wildman–Crippen LogP) is 8.31. The molecule has 5 aromatic rings. The molecule has 0 aromatic heterocycles. The van der Waals surface area contributed by atoms with Gasteiger partial charge in [0.25, 0.3) is 0 Å². The van der Waals surface area contributed by atoms with E-state index in [1.54, 1.807) is 12.1 Å². The highest BCUT2D eigenvalue weighted by atomic mass is 79.9. The SMILES string of the molecule is Oc1ccc(C2(c3ccc(Oc4ccccc4)cc3)c3ccccc3-c3ccc(Br)cc32)cc1. The van der Waals surface area contributed by atoms with Crippen molar-refractivity contribution in [1.29, 1.82) is 0 Å². The summed E-state index contributed by atoms with van der Waals surface area (Å²) < 4.78 is 7.10. The molecule has 0 saturated carbocycles. The molecule has 0 fully saturated rings. The zero-order chi connectivity index (χ0) is 23.1. The maximum absolute atomic E-state index is 10.0. The Bertz CT molecular complexity index is 1470. The number of ether oxygens (including phenoxy) is 1. The van der Waals surface area contributed by atoms with E-state index in [0.29, 0.717) is 0 Å². The molecule has 6 rings (SSSR count). The van der Waals surface area contributed by atoms with E-state index in [9.17, 15) is 5.11 Å². The molecule has 0 aliphatic heterocycles. The van der Waals surface area contributed by atoms with Gasteiger partial charge in [0, 0.05) is 4.47 Å². The number of phenols is 1. The highest BCUT2D eigenvalue weighted by Gasteiger charge is 2.46. The summed E-state index contributed by atoms with van der Waals surface area (Å²) in [7, 11) is 0. The second-order valence-corrected chi connectivity index (χ2v) is 9.39. The van der Waals surface area contributed by atoms with E-state index in [2.05, 4.69) is 70.5 Å². The lowest BCUT2D eigenvalue weighted by Gasteiger charge is -2.34. The minimum Gasteiger partial charge on any atom is -0.508 e. The molecule has 0 bridgehead atoms. The molecule has 0 spiro atoms.